The van der Waals surface area contributed by atoms with E-state index in [4.69, 9.17) is 15.9 Å². The number of carboxylic acid groups (broad SMARTS) is 2. The van der Waals surface area contributed by atoms with Crippen LogP contribution in [-0.2, 0) is 35.2 Å². The molecule has 2 aliphatic rings. The number of hydrogen-bond donors (Lipinski definition) is 6. The van der Waals surface area contributed by atoms with Gasteiger partial charge in [0.25, 0.3) is 0 Å². The van der Waals surface area contributed by atoms with Crippen molar-refractivity contribution in [2.24, 2.45) is 5.73 Å². The van der Waals surface area contributed by atoms with Gasteiger partial charge in [0.1, 0.15) is 24.7 Å². The summed E-state index contributed by atoms with van der Waals surface area (Å²) in [6.45, 7) is -0.0678. The fourth-order valence-electron chi connectivity index (χ4n) is 4.79. The zero-order chi connectivity index (χ0) is 27.8. The second-order valence-electron chi connectivity index (χ2n) is 9.37. The molecule has 38 heavy (non-hydrogen) atoms. The zero-order valence-corrected chi connectivity index (χ0v) is 20.8. The van der Waals surface area contributed by atoms with Crippen LogP contribution >= 0.6 is 0 Å². The van der Waals surface area contributed by atoms with Gasteiger partial charge in [-0.25, -0.2) is 4.98 Å². The number of nitrogens with zero attached hydrogens (tertiary/aromatic N) is 3. The Morgan fingerprint density at radius 3 is 2.37 bits per heavy atom. The van der Waals surface area contributed by atoms with E-state index in [0.29, 0.717) is 31.4 Å². The molecule has 0 aromatic carbocycles. The Bertz CT molecular complexity index is 1050. The predicted octanol–water partition coefficient (Wildman–Crippen LogP) is -2.19. The summed E-state index contributed by atoms with van der Waals surface area (Å²) in [5, 5.41) is 22.8. The van der Waals surface area contributed by atoms with Crippen LogP contribution in [0.2, 0.25) is 0 Å². The number of amides is 4. The summed E-state index contributed by atoms with van der Waals surface area (Å²) in [5.41, 5.74) is 6.59. The normalized spacial score (nSPS) is 20.6. The lowest BCUT2D eigenvalue weighted by Gasteiger charge is -2.33. The molecule has 208 valence electrons. The first-order chi connectivity index (χ1) is 18.1. The monoisotopic (exact) mass is 535 g/mol. The van der Waals surface area contributed by atoms with Crippen molar-refractivity contribution in [1.82, 2.24) is 30.4 Å². The molecular formula is C23H33N7O8. The number of aliphatic carboxylic acids is 2. The standard InChI is InChI=1S/C23H33N7O8/c24-14(9-13-10-25-12-27-13)20(35)28-15(5-6-18(31)32)22(37)30-8-2-4-17(30)23(38)29-7-1-3-16(29)21(36)26-11-19(33)34/h10,12,14-17H,1-9,11,24H2,(H,25,27)(H,26,36)(H,28,35)(H,31,32)(H,33,34)/t14-,15-,16-,17-/m0/s1. The van der Waals surface area contributed by atoms with Crippen LogP contribution < -0.4 is 16.4 Å². The molecule has 3 heterocycles. The van der Waals surface area contributed by atoms with Gasteiger partial charge in [-0.15, -0.1) is 0 Å². The highest BCUT2D eigenvalue weighted by atomic mass is 16.4. The van der Waals surface area contributed by atoms with Crippen molar-refractivity contribution in [3.05, 3.63) is 18.2 Å². The van der Waals surface area contributed by atoms with Gasteiger partial charge in [-0.2, -0.15) is 0 Å². The van der Waals surface area contributed by atoms with E-state index in [2.05, 4.69) is 20.6 Å². The fourth-order valence-corrected chi connectivity index (χ4v) is 4.79. The lowest BCUT2D eigenvalue weighted by atomic mass is 10.1. The molecule has 0 bridgehead atoms. The summed E-state index contributed by atoms with van der Waals surface area (Å²) in [6.07, 6.45) is 4.23. The van der Waals surface area contributed by atoms with Crippen LogP contribution in [0.25, 0.3) is 0 Å². The van der Waals surface area contributed by atoms with E-state index in [1.165, 1.54) is 22.3 Å². The first-order valence-electron chi connectivity index (χ1n) is 12.4. The van der Waals surface area contributed by atoms with Crippen LogP contribution in [0.4, 0.5) is 0 Å². The maximum atomic E-state index is 13.5. The largest absolute Gasteiger partial charge is 0.481 e. The van der Waals surface area contributed by atoms with E-state index in [-0.39, 0.29) is 25.9 Å². The van der Waals surface area contributed by atoms with Crippen molar-refractivity contribution in [1.29, 1.82) is 0 Å². The second kappa shape index (κ2) is 13.0. The fraction of sp³-hybridized carbons (Fsp3) is 0.609. The van der Waals surface area contributed by atoms with Crippen molar-refractivity contribution in [3.8, 4) is 0 Å². The minimum absolute atomic E-state index is 0.122. The van der Waals surface area contributed by atoms with E-state index in [9.17, 15) is 28.8 Å². The van der Waals surface area contributed by atoms with E-state index in [1.54, 1.807) is 0 Å². The molecule has 15 nitrogen and oxygen atoms in total. The number of nitrogens with two attached hydrogens (primary N) is 1. The Balaban J connectivity index is 1.70. The molecule has 2 aliphatic heterocycles. The van der Waals surface area contributed by atoms with Gasteiger partial charge < -0.3 is 41.4 Å². The molecule has 0 saturated carbocycles. The van der Waals surface area contributed by atoms with Crippen LogP contribution in [0, 0.1) is 0 Å². The Kier molecular flexibility index (Phi) is 9.76. The summed E-state index contributed by atoms with van der Waals surface area (Å²) in [6, 6.07) is -3.98. The number of rotatable bonds is 12. The van der Waals surface area contributed by atoms with Crippen molar-refractivity contribution >= 4 is 35.6 Å². The Labute approximate surface area is 218 Å². The van der Waals surface area contributed by atoms with Gasteiger partial charge in [0.2, 0.25) is 23.6 Å². The molecule has 1 aromatic rings. The Morgan fingerprint density at radius 1 is 1.05 bits per heavy atom. The van der Waals surface area contributed by atoms with Crippen LogP contribution in [0.5, 0.6) is 0 Å². The summed E-state index contributed by atoms with van der Waals surface area (Å²) in [4.78, 5) is 83.5. The van der Waals surface area contributed by atoms with E-state index >= 15 is 0 Å². The van der Waals surface area contributed by atoms with Gasteiger partial charge in [0, 0.05) is 37.8 Å². The predicted molar refractivity (Wildman–Crippen MR) is 129 cm³/mol. The van der Waals surface area contributed by atoms with Gasteiger partial charge in [0.05, 0.1) is 12.4 Å². The third kappa shape index (κ3) is 7.27. The second-order valence-corrected chi connectivity index (χ2v) is 9.37. The third-order valence-electron chi connectivity index (χ3n) is 6.67. The molecule has 15 heteroatoms. The average molecular weight is 536 g/mol. The number of aromatic nitrogens is 2. The number of nitrogens with one attached hydrogen (secondary N) is 3. The lowest BCUT2D eigenvalue weighted by Crippen LogP contribution is -2.57. The first kappa shape index (κ1) is 28.6. The van der Waals surface area contributed by atoms with Gasteiger partial charge in [0.15, 0.2) is 0 Å². The SMILES string of the molecule is N[C@@H](Cc1cnc[nH]1)C(=O)N[C@@H](CCC(=O)O)C(=O)N1CCC[C@H]1C(=O)N1CCC[C@H]1C(=O)NCC(=O)O. The van der Waals surface area contributed by atoms with E-state index in [1.807, 2.05) is 0 Å². The van der Waals surface area contributed by atoms with Crippen molar-refractivity contribution < 1.29 is 39.0 Å². The highest BCUT2D eigenvalue weighted by Crippen LogP contribution is 2.26. The molecule has 4 atom stereocenters. The number of carbonyl (C=O) groups excluding carboxylic acids is 4. The van der Waals surface area contributed by atoms with Gasteiger partial charge in [-0.1, -0.05) is 0 Å². The molecule has 3 rings (SSSR count). The Hall–Kier alpha value is -4.01. The zero-order valence-electron chi connectivity index (χ0n) is 20.8. The minimum Gasteiger partial charge on any atom is -0.481 e. The van der Waals surface area contributed by atoms with E-state index in [0.717, 1.165) is 0 Å². The molecule has 0 unspecified atom stereocenters. The van der Waals surface area contributed by atoms with Crippen molar-refractivity contribution in [2.75, 3.05) is 19.6 Å². The number of carboxylic acids is 2. The number of hydrogen-bond acceptors (Lipinski definition) is 8. The highest BCUT2D eigenvalue weighted by molar-refractivity contribution is 5.96. The van der Waals surface area contributed by atoms with Crippen LogP contribution in [0.1, 0.15) is 44.2 Å². The number of aromatic amines is 1. The first-order valence-corrected chi connectivity index (χ1v) is 12.4. The van der Waals surface area contributed by atoms with Crippen molar-refractivity contribution in [3.63, 3.8) is 0 Å². The van der Waals surface area contributed by atoms with Crippen molar-refractivity contribution in [2.45, 2.75) is 69.1 Å². The maximum absolute atomic E-state index is 13.5. The van der Waals surface area contributed by atoms with Gasteiger partial charge in [-0.05, 0) is 32.1 Å². The highest BCUT2D eigenvalue weighted by Gasteiger charge is 2.43. The van der Waals surface area contributed by atoms with Crippen LogP contribution in [-0.4, -0.2) is 109 Å². The minimum atomic E-state index is -1.21. The van der Waals surface area contributed by atoms with Gasteiger partial charge >= 0.3 is 11.9 Å². The summed E-state index contributed by atoms with van der Waals surface area (Å²) in [5.74, 6) is -4.63. The third-order valence-corrected chi connectivity index (χ3v) is 6.67. The lowest BCUT2D eigenvalue weighted by molar-refractivity contribution is -0.148. The van der Waals surface area contributed by atoms with Crippen LogP contribution in [0.3, 0.4) is 0 Å². The Morgan fingerprint density at radius 2 is 1.74 bits per heavy atom. The molecule has 0 radical (unpaired) electrons. The van der Waals surface area contributed by atoms with Crippen LogP contribution in [0.15, 0.2) is 12.5 Å². The molecule has 1 aromatic heterocycles. The maximum Gasteiger partial charge on any atom is 0.322 e. The molecule has 2 saturated heterocycles. The number of H-pyrrole nitrogens is 1. The number of carbonyl (C=O) groups is 6. The van der Waals surface area contributed by atoms with Gasteiger partial charge in [-0.3, -0.25) is 28.8 Å². The molecular weight excluding hydrogens is 502 g/mol. The molecule has 4 amide bonds. The molecule has 0 aliphatic carbocycles. The molecule has 2 fully saturated rings. The number of likely N-dealkylation sites (tertiary alicyclic amines) is 2. The quantitative estimate of drug-likeness (QED) is 0.169. The molecule has 7 N–H and O–H groups in total. The summed E-state index contributed by atoms with van der Waals surface area (Å²) < 4.78 is 0. The van der Waals surface area contributed by atoms with E-state index < -0.39 is 72.7 Å². The smallest absolute Gasteiger partial charge is 0.322 e. The average Bonchev–Trinajstić information content (AvgIpc) is 3.65. The topological polar surface area (TPSA) is 228 Å². The summed E-state index contributed by atoms with van der Waals surface area (Å²) >= 11 is 0. The molecule has 0 spiro atoms. The summed E-state index contributed by atoms with van der Waals surface area (Å²) in [7, 11) is 0. The number of imidazole rings is 1.